The van der Waals surface area contributed by atoms with Crippen LogP contribution in [-0.4, -0.2) is 41.8 Å². The lowest BCUT2D eigenvalue weighted by atomic mass is 9.88. The van der Waals surface area contributed by atoms with Crippen molar-refractivity contribution < 1.29 is 35.9 Å². The SMILES string of the molecule is CC(C(=O)NNC(=O)c1ccc(-n2nc(C(C)(C)C)cc2C(C)(C)C)cc1)n1nnc(-c2cc(C(F)(F)F)cc(C(F)(F)F)c2)n1. The quantitative estimate of drug-likeness (QED) is 0.197. The van der Waals surface area contributed by atoms with Crippen LogP contribution in [-0.2, 0) is 28.0 Å². The van der Waals surface area contributed by atoms with Crippen LogP contribution < -0.4 is 10.9 Å². The summed E-state index contributed by atoms with van der Waals surface area (Å²) in [4.78, 5) is 26.1. The third-order valence-electron chi connectivity index (χ3n) is 6.92. The van der Waals surface area contributed by atoms with Crippen LogP contribution in [0.15, 0.2) is 48.5 Å². The number of nitrogens with zero attached hydrogens (tertiary/aromatic N) is 6. The fourth-order valence-corrected chi connectivity index (χ4v) is 4.22. The molecule has 0 saturated carbocycles. The van der Waals surface area contributed by atoms with Crippen molar-refractivity contribution >= 4 is 11.8 Å². The van der Waals surface area contributed by atoms with Gasteiger partial charge in [0.15, 0.2) is 6.04 Å². The summed E-state index contributed by atoms with van der Waals surface area (Å²) in [6, 6.07) is 8.22. The molecule has 46 heavy (non-hydrogen) atoms. The van der Waals surface area contributed by atoms with E-state index in [4.69, 9.17) is 5.10 Å². The molecule has 10 nitrogen and oxygen atoms in total. The smallest absolute Gasteiger partial charge is 0.271 e. The maximum Gasteiger partial charge on any atom is 0.416 e. The zero-order valence-corrected chi connectivity index (χ0v) is 26.0. The summed E-state index contributed by atoms with van der Waals surface area (Å²) in [5.41, 5.74) is 3.18. The third kappa shape index (κ3) is 7.54. The molecule has 2 amide bonds. The van der Waals surface area contributed by atoms with Gasteiger partial charge in [-0.05, 0) is 60.7 Å². The lowest BCUT2D eigenvalue weighted by molar-refractivity contribution is -0.143. The van der Waals surface area contributed by atoms with E-state index in [1.807, 2.05) is 4.68 Å². The molecule has 2 N–H and O–H groups in total. The molecule has 246 valence electrons. The van der Waals surface area contributed by atoms with Gasteiger partial charge in [-0.15, -0.1) is 10.2 Å². The fraction of sp³-hybridized carbons (Fsp3) is 0.400. The van der Waals surface area contributed by atoms with Crippen molar-refractivity contribution in [2.24, 2.45) is 0 Å². The van der Waals surface area contributed by atoms with Crippen molar-refractivity contribution in [1.29, 1.82) is 0 Å². The summed E-state index contributed by atoms with van der Waals surface area (Å²) < 4.78 is 81.3. The van der Waals surface area contributed by atoms with E-state index in [2.05, 4.69) is 73.9 Å². The summed E-state index contributed by atoms with van der Waals surface area (Å²) >= 11 is 0. The average molecular weight is 651 g/mol. The van der Waals surface area contributed by atoms with Crippen LogP contribution in [0.25, 0.3) is 17.1 Å². The number of hydrogen-bond donors (Lipinski definition) is 2. The molecule has 1 unspecified atom stereocenters. The summed E-state index contributed by atoms with van der Waals surface area (Å²) in [7, 11) is 0. The Bertz CT molecular complexity index is 1710. The van der Waals surface area contributed by atoms with Crippen LogP contribution >= 0.6 is 0 Å². The number of carbonyl (C=O) groups is 2. The highest BCUT2D eigenvalue weighted by Crippen LogP contribution is 2.38. The Morgan fingerprint density at radius 1 is 0.761 bits per heavy atom. The maximum absolute atomic E-state index is 13.2. The van der Waals surface area contributed by atoms with E-state index in [1.54, 1.807) is 24.3 Å². The maximum atomic E-state index is 13.2. The number of aromatic nitrogens is 6. The molecular weight excluding hydrogens is 618 g/mol. The number of benzene rings is 2. The first kappa shape index (κ1) is 34.1. The number of halogens is 6. The minimum absolute atomic E-state index is 0.0242. The molecular formula is C30H32F6N8O2. The highest BCUT2D eigenvalue weighted by atomic mass is 19.4. The largest absolute Gasteiger partial charge is 0.416 e. The lowest BCUT2D eigenvalue weighted by Gasteiger charge is -2.20. The first-order valence-corrected chi connectivity index (χ1v) is 14.0. The van der Waals surface area contributed by atoms with Crippen LogP contribution in [0.2, 0.25) is 0 Å². The zero-order chi connectivity index (χ0) is 34.4. The number of hydrogen-bond acceptors (Lipinski definition) is 6. The van der Waals surface area contributed by atoms with Gasteiger partial charge >= 0.3 is 12.4 Å². The van der Waals surface area contributed by atoms with Crippen molar-refractivity contribution in [3.05, 3.63) is 76.6 Å². The molecule has 16 heteroatoms. The van der Waals surface area contributed by atoms with Gasteiger partial charge in [-0.3, -0.25) is 20.4 Å². The van der Waals surface area contributed by atoms with Gasteiger partial charge in [0.2, 0.25) is 5.82 Å². The number of nitrogens with one attached hydrogen (secondary N) is 2. The average Bonchev–Trinajstić information content (AvgIpc) is 3.63. The minimum Gasteiger partial charge on any atom is -0.271 e. The van der Waals surface area contributed by atoms with Crippen LogP contribution in [0, 0.1) is 0 Å². The van der Waals surface area contributed by atoms with E-state index in [0.717, 1.165) is 17.1 Å². The summed E-state index contributed by atoms with van der Waals surface area (Å²) in [6.45, 7) is 13.7. The Morgan fingerprint density at radius 2 is 1.33 bits per heavy atom. The van der Waals surface area contributed by atoms with Gasteiger partial charge in [-0.2, -0.15) is 36.2 Å². The molecule has 2 aromatic heterocycles. The van der Waals surface area contributed by atoms with Crippen LogP contribution in [0.4, 0.5) is 26.3 Å². The van der Waals surface area contributed by atoms with Gasteiger partial charge in [-0.25, -0.2) is 4.68 Å². The normalized spacial score (nSPS) is 13.4. The van der Waals surface area contributed by atoms with Crippen LogP contribution in [0.5, 0.6) is 0 Å². The topological polar surface area (TPSA) is 120 Å². The lowest BCUT2D eigenvalue weighted by Crippen LogP contribution is -2.44. The molecule has 1 atom stereocenters. The van der Waals surface area contributed by atoms with E-state index in [-0.39, 0.29) is 22.5 Å². The first-order valence-electron chi connectivity index (χ1n) is 14.0. The molecule has 0 fully saturated rings. The number of hydrazine groups is 1. The van der Waals surface area contributed by atoms with E-state index in [1.165, 1.54) is 6.92 Å². The highest BCUT2D eigenvalue weighted by molar-refractivity contribution is 5.95. The predicted octanol–water partition coefficient (Wildman–Crippen LogP) is 6.18. The van der Waals surface area contributed by atoms with Gasteiger partial charge in [-0.1, -0.05) is 41.5 Å². The Kier molecular flexibility index (Phi) is 8.81. The summed E-state index contributed by atoms with van der Waals surface area (Å²) in [6.07, 6.45) is -10.1. The van der Waals surface area contributed by atoms with Crippen molar-refractivity contribution in [1.82, 2.24) is 40.8 Å². The summed E-state index contributed by atoms with van der Waals surface area (Å²) in [5, 5.41) is 15.7. The van der Waals surface area contributed by atoms with Crippen molar-refractivity contribution in [2.45, 2.75) is 77.7 Å². The van der Waals surface area contributed by atoms with Crippen molar-refractivity contribution in [2.75, 3.05) is 0 Å². The number of amides is 2. The second kappa shape index (κ2) is 11.9. The van der Waals surface area contributed by atoms with E-state index in [9.17, 15) is 35.9 Å². The molecule has 2 aromatic carbocycles. The van der Waals surface area contributed by atoms with Gasteiger partial charge in [0, 0.05) is 27.7 Å². The Hall–Kier alpha value is -4.76. The monoisotopic (exact) mass is 650 g/mol. The fourth-order valence-electron chi connectivity index (χ4n) is 4.22. The van der Waals surface area contributed by atoms with Crippen molar-refractivity contribution in [3.63, 3.8) is 0 Å². The van der Waals surface area contributed by atoms with Crippen LogP contribution in [0.1, 0.15) is 87.4 Å². The molecule has 0 aliphatic carbocycles. The molecule has 4 rings (SSSR count). The van der Waals surface area contributed by atoms with Gasteiger partial charge < -0.3 is 0 Å². The molecule has 0 spiro atoms. The predicted molar refractivity (Wildman–Crippen MR) is 155 cm³/mol. The second-order valence-corrected chi connectivity index (χ2v) is 12.7. The number of alkyl halides is 6. The standard InChI is InChI=1S/C30H32F6N8O2/c1-16(44-41-24(37-42-44)18-12-19(29(31,32)33)14-20(13-18)30(34,35)36)25(45)38-39-26(46)17-8-10-21(11-9-17)43-23(28(5,6)7)15-22(40-43)27(2,3)4/h8-16H,1-7H3,(H,38,45)(H,39,46). The third-order valence-corrected chi connectivity index (χ3v) is 6.92. The Labute approximate surface area is 260 Å². The molecule has 2 heterocycles. The number of carbonyl (C=O) groups excluding carboxylic acids is 2. The number of rotatable bonds is 5. The molecule has 0 aliphatic heterocycles. The van der Waals surface area contributed by atoms with Gasteiger partial charge in [0.05, 0.1) is 22.5 Å². The molecule has 0 aliphatic rings. The van der Waals surface area contributed by atoms with Crippen LogP contribution in [0.3, 0.4) is 0 Å². The number of tetrazole rings is 1. The molecule has 0 saturated heterocycles. The van der Waals surface area contributed by atoms with E-state index in [0.29, 0.717) is 16.9 Å². The van der Waals surface area contributed by atoms with Crippen molar-refractivity contribution in [3.8, 4) is 17.1 Å². The minimum atomic E-state index is -5.07. The molecule has 0 radical (unpaired) electrons. The van der Waals surface area contributed by atoms with E-state index < -0.39 is 52.7 Å². The molecule has 4 aromatic rings. The van der Waals surface area contributed by atoms with Gasteiger partial charge in [0.25, 0.3) is 11.8 Å². The Morgan fingerprint density at radius 3 is 1.83 bits per heavy atom. The van der Waals surface area contributed by atoms with E-state index >= 15 is 0 Å². The second-order valence-electron chi connectivity index (χ2n) is 12.7. The molecule has 0 bridgehead atoms. The van der Waals surface area contributed by atoms with Gasteiger partial charge in [0.1, 0.15) is 0 Å². The highest BCUT2D eigenvalue weighted by Gasteiger charge is 2.37. The Balaban J connectivity index is 1.46. The first-order chi connectivity index (χ1) is 21.1. The zero-order valence-electron chi connectivity index (χ0n) is 26.0. The summed E-state index contributed by atoms with van der Waals surface area (Å²) in [5.74, 6) is -2.06.